The molecular formula is C16H26N2O2S. The highest BCUT2D eigenvalue weighted by Crippen LogP contribution is 2.36. The van der Waals surface area contributed by atoms with Crippen molar-refractivity contribution in [2.24, 2.45) is 5.92 Å². The number of carbonyl (C=O) groups is 1. The summed E-state index contributed by atoms with van der Waals surface area (Å²) in [5.74, 6) is 0.521. The van der Waals surface area contributed by atoms with Crippen molar-refractivity contribution in [1.82, 2.24) is 10.2 Å². The van der Waals surface area contributed by atoms with Crippen LogP contribution < -0.4 is 5.32 Å². The standard InChI is InChI=1S/C16H26N2O2S/c1-6-16(4)15(19)18(9-11(2)10-20-5)14(17-16)13-8-7-12(3)21-13/h7-8,11,14,17H,6,9-10H2,1-5H3. The highest BCUT2D eigenvalue weighted by molar-refractivity contribution is 7.12. The van der Waals surface area contributed by atoms with Crippen LogP contribution in [0.15, 0.2) is 12.1 Å². The molecule has 0 radical (unpaired) electrons. The van der Waals surface area contributed by atoms with E-state index in [1.165, 1.54) is 9.75 Å². The van der Waals surface area contributed by atoms with Crippen LogP contribution in [-0.2, 0) is 9.53 Å². The topological polar surface area (TPSA) is 41.6 Å². The number of aryl methyl sites for hydroxylation is 1. The van der Waals surface area contributed by atoms with Gasteiger partial charge in [0, 0.05) is 23.4 Å². The predicted octanol–water partition coefficient (Wildman–Crippen LogP) is 2.94. The van der Waals surface area contributed by atoms with E-state index in [2.05, 4.69) is 38.2 Å². The quantitative estimate of drug-likeness (QED) is 0.878. The van der Waals surface area contributed by atoms with Crippen molar-refractivity contribution in [3.8, 4) is 0 Å². The van der Waals surface area contributed by atoms with Crippen LogP contribution in [-0.4, -0.2) is 36.6 Å². The van der Waals surface area contributed by atoms with E-state index in [0.29, 0.717) is 12.5 Å². The SMILES string of the molecule is CCC1(C)NC(c2ccc(C)s2)N(CC(C)COC)C1=O. The van der Waals surface area contributed by atoms with Gasteiger partial charge in [-0.3, -0.25) is 10.1 Å². The predicted molar refractivity (Wildman–Crippen MR) is 86.4 cm³/mol. The number of amides is 1. The van der Waals surface area contributed by atoms with Gasteiger partial charge < -0.3 is 9.64 Å². The van der Waals surface area contributed by atoms with Gasteiger partial charge in [-0.15, -0.1) is 11.3 Å². The summed E-state index contributed by atoms with van der Waals surface area (Å²) >= 11 is 1.75. The van der Waals surface area contributed by atoms with Gasteiger partial charge in [0.25, 0.3) is 0 Å². The number of thiophene rings is 1. The zero-order valence-corrected chi connectivity index (χ0v) is 14.4. The van der Waals surface area contributed by atoms with Gasteiger partial charge in [0.1, 0.15) is 6.17 Å². The Morgan fingerprint density at radius 1 is 1.52 bits per heavy atom. The molecule has 3 unspecified atom stereocenters. The molecule has 1 N–H and O–H groups in total. The molecule has 1 aromatic rings. The molecule has 1 fully saturated rings. The molecule has 0 aliphatic carbocycles. The maximum Gasteiger partial charge on any atom is 0.244 e. The molecule has 1 amide bonds. The zero-order chi connectivity index (χ0) is 15.6. The first-order valence-electron chi connectivity index (χ1n) is 7.55. The van der Waals surface area contributed by atoms with E-state index in [1.54, 1.807) is 18.4 Å². The minimum Gasteiger partial charge on any atom is -0.384 e. The monoisotopic (exact) mass is 310 g/mol. The number of hydrogen-bond acceptors (Lipinski definition) is 4. The second-order valence-electron chi connectivity index (χ2n) is 6.20. The Balaban J connectivity index is 2.25. The fourth-order valence-corrected chi connectivity index (χ4v) is 3.76. The Morgan fingerprint density at radius 3 is 2.76 bits per heavy atom. The van der Waals surface area contributed by atoms with Gasteiger partial charge in [-0.25, -0.2) is 0 Å². The lowest BCUT2D eigenvalue weighted by molar-refractivity contribution is -0.133. The van der Waals surface area contributed by atoms with Gasteiger partial charge in [-0.1, -0.05) is 13.8 Å². The van der Waals surface area contributed by atoms with Crippen LogP contribution in [0, 0.1) is 12.8 Å². The normalized spacial score (nSPS) is 27.4. The molecule has 1 aliphatic heterocycles. The summed E-state index contributed by atoms with van der Waals surface area (Å²) in [7, 11) is 1.71. The molecule has 0 spiro atoms. The first-order valence-corrected chi connectivity index (χ1v) is 8.37. The fraction of sp³-hybridized carbons (Fsp3) is 0.688. The van der Waals surface area contributed by atoms with Crippen molar-refractivity contribution >= 4 is 17.2 Å². The van der Waals surface area contributed by atoms with E-state index < -0.39 is 5.54 Å². The van der Waals surface area contributed by atoms with Crippen molar-refractivity contribution in [1.29, 1.82) is 0 Å². The van der Waals surface area contributed by atoms with Crippen LogP contribution in [0.25, 0.3) is 0 Å². The van der Waals surface area contributed by atoms with Crippen molar-refractivity contribution in [3.63, 3.8) is 0 Å². The minimum absolute atomic E-state index is 0.0135. The third-order valence-electron chi connectivity index (χ3n) is 4.20. The van der Waals surface area contributed by atoms with Gasteiger partial charge in [0.15, 0.2) is 0 Å². The van der Waals surface area contributed by atoms with E-state index in [0.717, 1.165) is 13.0 Å². The fourth-order valence-electron chi connectivity index (χ4n) is 2.82. The highest BCUT2D eigenvalue weighted by atomic mass is 32.1. The zero-order valence-electron chi connectivity index (χ0n) is 13.6. The lowest BCUT2D eigenvalue weighted by Gasteiger charge is -2.26. The van der Waals surface area contributed by atoms with Crippen LogP contribution in [0.2, 0.25) is 0 Å². The molecule has 2 rings (SSSR count). The van der Waals surface area contributed by atoms with E-state index in [9.17, 15) is 4.79 Å². The first-order chi connectivity index (χ1) is 9.91. The van der Waals surface area contributed by atoms with Gasteiger partial charge in [-0.2, -0.15) is 0 Å². The molecule has 1 saturated heterocycles. The average molecular weight is 310 g/mol. The van der Waals surface area contributed by atoms with E-state index in [-0.39, 0.29) is 12.1 Å². The number of nitrogens with zero attached hydrogens (tertiary/aromatic N) is 1. The summed E-state index contributed by atoms with van der Waals surface area (Å²) in [4.78, 5) is 17.3. The number of nitrogens with one attached hydrogen (secondary N) is 1. The molecular weight excluding hydrogens is 284 g/mol. The van der Waals surface area contributed by atoms with E-state index >= 15 is 0 Å². The summed E-state index contributed by atoms with van der Waals surface area (Å²) in [6.07, 6.45) is 0.780. The lowest BCUT2D eigenvalue weighted by atomic mass is 9.99. The second kappa shape index (κ2) is 6.46. The molecule has 0 saturated carbocycles. The molecule has 3 atom stereocenters. The summed E-state index contributed by atoms with van der Waals surface area (Å²) in [5.41, 5.74) is -0.463. The molecule has 0 bridgehead atoms. The largest absolute Gasteiger partial charge is 0.384 e. The number of hydrogen-bond donors (Lipinski definition) is 1. The summed E-state index contributed by atoms with van der Waals surface area (Å²) in [6.45, 7) is 9.67. The third-order valence-corrected chi connectivity index (χ3v) is 5.25. The summed E-state index contributed by atoms with van der Waals surface area (Å²) in [5, 5.41) is 3.54. The molecule has 5 heteroatoms. The molecule has 0 aromatic carbocycles. The number of methoxy groups -OCH3 is 1. The maximum atomic E-state index is 12.8. The van der Waals surface area contributed by atoms with Crippen LogP contribution in [0.3, 0.4) is 0 Å². The number of rotatable bonds is 6. The molecule has 21 heavy (non-hydrogen) atoms. The van der Waals surface area contributed by atoms with Gasteiger partial charge >= 0.3 is 0 Å². The van der Waals surface area contributed by atoms with Crippen LogP contribution >= 0.6 is 11.3 Å². The highest BCUT2D eigenvalue weighted by Gasteiger charge is 2.47. The number of ether oxygens (including phenoxy) is 1. The van der Waals surface area contributed by atoms with Crippen LogP contribution in [0.1, 0.15) is 43.1 Å². The molecule has 4 nitrogen and oxygen atoms in total. The Bertz CT molecular complexity index is 502. The van der Waals surface area contributed by atoms with Crippen molar-refractivity contribution in [2.75, 3.05) is 20.3 Å². The van der Waals surface area contributed by atoms with Gasteiger partial charge in [0.05, 0.1) is 12.1 Å². The van der Waals surface area contributed by atoms with Gasteiger partial charge in [-0.05, 0) is 38.3 Å². The van der Waals surface area contributed by atoms with Crippen molar-refractivity contribution in [2.45, 2.75) is 45.8 Å². The Morgan fingerprint density at radius 2 is 2.24 bits per heavy atom. The summed E-state index contributed by atoms with van der Waals surface area (Å²) in [6, 6.07) is 4.24. The van der Waals surface area contributed by atoms with Crippen molar-refractivity contribution in [3.05, 3.63) is 21.9 Å². The van der Waals surface area contributed by atoms with Crippen molar-refractivity contribution < 1.29 is 9.53 Å². The second-order valence-corrected chi connectivity index (χ2v) is 7.52. The van der Waals surface area contributed by atoms with Crippen LogP contribution in [0.5, 0.6) is 0 Å². The smallest absolute Gasteiger partial charge is 0.244 e. The Kier molecular flexibility index (Phi) is 5.07. The molecule has 1 aliphatic rings. The van der Waals surface area contributed by atoms with E-state index in [4.69, 9.17) is 4.74 Å². The van der Waals surface area contributed by atoms with Crippen LogP contribution in [0.4, 0.5) is 0 Å². The lowest BCUT2D eigenvalue weighted by Crippen LogP contribution is -2.43. The van der Waals surface area contributed by atoms with E-state index in [1.807, 2.05) is 11.8 Å². The number of carbonyl (C=O) groups excluding carboxylic acids is 1. The average Bonchev–Trinajstić information content (AvgIpc) is 2.97. The minimum atomic E-state index is -0.463. The Labute approximate surface area is 131 Å². The molecule has 118 valence electrons. The van der Waals surface area contributed by atoms with Gasteiger partial charge in [0.2, 0.25) is 5.91 Å². The first kappa shape index (κ1) is 16.5. The summed E-state index contributed by atoms with van der Waals surface area (Å²) < 4.78 is 5.22. The third kappa shape index (κ3) is 3.30. The Hall–Kier alpha value is -0.910. The maximum absolute atomic E-state index is 12.8. The molecule has 1 aromatic heterocycles. The molecule has 2 heterocycles.